The molecule has 2 heterocycles. The van der Waals surface area contributed by atoms with Crippen LogP contribution in [0.1, 0.15) is 37.5 Å². The van der Waals surface area contributed by atoms with Crippen LogP contribution in [0, 0.1) is 6.92 Å². The first-order valence-corrected chi connectivity index (χ1v) is 8.11. The van der Waals surface area contributed by atoms with Crippen LogP contribution in [0.3, 0.4) is 0 Å². The lowest BCUT2D eigenvalue weighted by Crippen LogP contribution is -2.25. The van der Waals surface area contributed by atoms with Crippen LogP contribution < -0.4 is 5.32 Å². The molecule has 1 amide bonds. The summed E-state index contributed by atoms with van der Waals surface area (Å²) in [6, 6.07) is 12.4. The number of carbonyl (C=O) groups excluding carboxylic acids is 2. The molecule has 0 saturated heterocycles. The maximum absolute atomic E-state index is 12.2. The van der Waals surface area contributed by atoms with Gasteiger partial charge >= 0.3 is 0 Å². The summed E-state index contributed by atoms with van der Waals surface area (Å²) in [5.41, 5.74) is 3.75. The van der Waals surface area contributed by atoms with Crippen LogP contribution in [0.25, 0.3) is 0 Å². The number of pyridine rings is 1. The molecule has 0 unspecified atom stereocenters. The van der Waals surface area contributed by atoms with E-state index >= 15 is 0 Å². The van der Waals surface area contributed by atoms with Gasteiger partial charge in [0.1, 0.15) is 0 Å². The molecule has 0 fully saturated rings. The third-order valence-electron chi connectivity index (χ3n) is 3.94. The average Bonchev–Trinajstić information content (AvgIpc) is 3.17. The number of amides is 1. The fraction of sp³-hybridized carbons (Fsp3) is 0.150. The topological polar surface area (TPSA) is 74.8 Å². The fourth-order valence-electron chi connectivity index (χ4n) is 2.47. The van der Waals surface area contributed by atoms with E-state index in [9.17, 15) is 9.59 Å². The van der Waals surface area contributed by atoms with Crippen LogP contribution in [-0.2, 0) is 6.42 Å². The van der Waals surface area contributed by atoms with Crippen molar-refractivity contribution in [3.8, 4) is 0 Å². The molecule has 25 heavy (non-hydrogen) atoms. The zero-order chi connectivity index (χ0) is 17.6. The third kappa shape index (κ3) is 4.20. The van der Waals surface area contributed by atoms with Gasteiger partial charge in [0.05, 0.1) is 0 Å². The van der Waals surface area contributed by atoms with Gasteiger partial charge in [-0.25, -0.2) is 0 Å². The third-order valence-corrected chi connectivity index (χ3v) is 3.94. The molecule has 3 aromatic rings. The molecular weight excluding hydrogens is 314 g/mol. The van der Waals surface area contributed by atoms with Crippen molar-refractivity contribution >= 4 is 11.7 Å². The van der Waals surface area contributed by atoms with Crippen LogP contribution in [-0.4, -0.2) is 28.2 Å². The van der Waals surface area contributed by atoms with Gasteiger partial charge in [0.15, 0.2) is 5.78 Å². The summed E-state index contributed by atoms with van der Waals surface area (Å²) >= 11 is 0. The van der Waals surface area contributed by atoms with Crippen LogP contribution in [0.5, 0.6) is 0 Å². The standard InChI is InChI=1S/C20H19N3O2/c1-14-2-3-15(12-23-14)8-11-22-20(25)17-6-4-16(5-7-17)19(24)18-9-10-21-13-18/h2-7,9-10,12-13,21H,8,11H2,1H3,(H,22,25). The number of rotatable bonds is 6. The molecule has 0 saturated carbocycles. The van der Waals surface area contributed by atoms with E-state index in [2.05, 4.69) is 15.3 Å². The number of hydrogen-bond acceptors (Lipinski definition) is 3. The molecule has 5 nitrogen and oxygen atoms in total. The number of hydrogen-bond donors (Lipinski definition) is 2. The number of carbonyl (C=O) groups is 2. The SMILES string of the molecule is Cc1ccc(CCNC(=O)c2ccc(C(=O)c3cc[nH]c3)cc2)cn1. The number of nitrogens with zero attached hydrogens (tertiary/aromatic N) is 1. The van der Waals surface area contributed by atoms with E-state index in [4.69, 9.17) is 0 Å². The highest BCUT2D eigenvalue weighted by atomic mass is 16.1. The van der Waals surface area contributed by atoms with Crippen LogP contribution in [0.15, 0.2) is 61.1 Å². The van der Waals surface area contributed by atoms with Gasteiger partial charge in [-0.3, -0.25) is 14.6 Å². The van der Waals surface area contributed by atoms with Crippen molar-refractivity contribution in [2.24, 2.45) is 0 Å². The van der Waals surface area contributed by atoms with Crippen LogP contribution in [0.2, 0.25) is 0 Å². The smallest absolute Gasteiger partial charge is 0.251 e. The van der Waals surface area contributed by atoms with Crippen molar-refractivity contribution < 1.29 is 9.59 Å². The van der Waals surface area contributed by atoms with Crippen molar-refractivity contribution in [2.75, 3.05) is 6.54 Å². The lowest BCUT2D eigenvalue weighted by Gasteiger charge is -2.06. The van der Waals surface area contributed by atoms with E-state index in [1.807, 2.05) is 25.3 Å². The van der Waals surface area contributed by atoms with Gasteiger partial charge in [-0.15, -0.1) is 0 Å². The number of ketones is 1. The lowest BCUT2D eigenvalue weighted by atomic mass is 10.0. The predicted octanol–water partition coefficient (Wildman–Crippen LogP) is 2.92. The van der Waals surface area contributed by atoms with Crippen molar-refractivity contribution in [3.63, 3.8) is 0 Å². The lowest BCUT2D eigenvalue weighted by molar-refractivity contribution is 0.0952. The summed E-state index contributed by atoms with van der Waals surface area (Å²) in [5, 5.41) is 2.88. The molecule has 126 valence electrons. The molecule has 0 aliphatic heterocycles. The van der Waals surface area contributed by atoms with Crippen molar-refractivity contribution in [1.29, 1.82) is 0 Å². The summed E-state index contributed by atoms with van der Waals surface area (Å²) in [7, 11) is 0. The Morgan fingerprint density at radius 1 is 1.00 bits per heavy atom. The molecule has 0 bridgehead atoms. The number of benzene rings is 1. The first kappa shape index (κ1) is 16.6. The first-order valence-electron chi connectivity index (χ1n) is 8.11. The molecule has 0 spiro atoms. The maximum Gasteiger partial charge on any atom is 0.251 e. The number of H-pyrrole nitrogens is 1. The highest BCUT2D eigenvalue weighted by Crippen LogP contribution is 2.11. The highest BCUT2D eigenvalue weighted by Gasteiger charge is 2.11. The Morgan fingerprint density at radius 3 is 2.40 bits per heavy atom. The van der Waals surface area contributed by atoms with Gasteiger partial charge < -0.3 is 10.3 Å². The summed E-state index contributed by atoms with van der Waals surface area (Å²) in [4.78, 5) is 31.5. The molecule has 5 heteroatoms. The zero-order valence-corrected chi connectivity index (χ0v) is 14.0. The molecular formula is C20H19N3O2. The van der Waals surface area contributed by atoms with Gasteiger partial charge in [0, 0.05) is 47.5 Å². The molecule has 0 aliphatic carbocycles. The maximum atomic E-state index is 12.2. The largest absolute Gasteiger partial charge is 0.367 e. The minimum absolute atomic E-state index is 0.0694. The molecule has 0 atom stereocenters. The zero-order valence-electron chi connectivity index (χ0n) is 14.0. The second-order valence-corrected chi connectivity index (χ2v) is 5.82. The molecule has 2 aromatic heterocycles. The predicted molar refractivity (Wildman–Crippen MR) is 95.7 cm³/mol. The highest BCUT2D eigenvalue weighted by molar-refractivity contribution is 6.09. The second-order valence-electron chi connectivity index (χ2n) is 5.82. The molecule has 2 N–H and O–H groups in total. The molecule has 3 rings (SSSR count). The van der Waals surface area contributed by atoms with Gasteiger partial charge in [-0.05, 0) is 43.2 Å². The Bertz CT molecular complexity index is 851. The van der Waals surface area contributed by atoms with Gasteiger partial charge in [-0.1, -0.05) is 18.2 Å². The normalized spacial score (nSPS) is 10.4. The summed E-state index contributed by atoms with van der Waals surface area (Å²) in [5.74, 6) is -0.221. The van der Waals surface area contributed by atoms with E-state index in [0.29, 0.717) is 23.2 Å². The van der Waals surface area contributed by atoms with Crippen molar-refractivity contribution in [2.45, 2.75) is 13.3 Å². The Hall–Kier alpha value is -3.21. The summed E-state index contributed by atoms with van der Waals surface area (Å²) < 4.78 is 0. The van der Waals surface area contributed by atoms with Crippen molar-refractivity contribution in [3.05, 3.63) is 89.0 Å². The minimum atomic E-state index is -0.152. The Morgan fingerprint density at radius 2 is 1.76 bits per heavy atom. The quantitative estimate of drug-likeness (QED) is 0.681. The van der Waals surface area contributed by atoms with Crippen molar-refractivity contribution in [1.82, 2.24) is 15.3 Å². The number of aromatic nitrogens is 2. The van der Waals surface area contributed by atoms with Gasteiger partial charge in [0.25, 0.3) is 5.91 Å². The average molecular weight is 333 g/mol. The Labute approximate surface area is 146 Å². The molecule has 0 aliphatic rings. The second kappa shape index (κ2) is 7.57. The fourth-order valence-corrected chi connectivity index (χ4v) is 2.47. The summed E-state index contributed by atoms with van der Waals surface area (Å²) in [6.07, 6.45) is 5.91. The van der Waals surface area contributed by atoms with E-state index < -0.39 is 0 Å². The van der Waals surface area contributed by atoms with E-state index in [1.165, 1.54) is 0 Å². The Balaban J connectivity index is 1.55. The van der Waals surface area contributed by atoms with Gasteiger partial charge in [0.2, 0.25) is 0 Å². The van der Waals surface area contributed by atoms with E-state index in [1.54, 1.807) is 42.7 Å². The number of nitrogens with one attached hydrogen (secondary N) is 2. The number of aromatic amines is 1. The molecule has 0 radical (unpaired) electrons. The van der Waals surface area contributed by atoms with E-state index in [0.717, 1.165) is 17.7 Å². The minimum Gasteiger partial charge on any atom is -0.367 e. The first-order chi connectivity index (χ1) is 12.1. The van der Waals surface area contributed by atoms with E-state index in [-0.39, 0.29) is 11.7 Å². The Kier molecular flexibility index (Phi) is 5.04. The van der Waals surface area contributed by atoms with Crippen LogP contribution in [0.4, 0.5) is 0 Å². The van der Waals surface area contributed by atoms with Crippen LogP contribution >= 0.6 is 0 Å². The monoisotopic (exact) mass is 333 g/mol. The summed E-state index contributed by atoms with van der Waals surface area (Å²) in [6.45, 7) is 2.48. The number of aryl methyl sites for hydroxylation is 1. The molecule has 1 aromatic carbocycles. The van der Waals surface area contributed by atoms with Gasteiger partial charge in [-0.2, -0.15) is 0 Å².